The van der Waals surface area contributed by atoms with Crippen LogP contribution in [0, 0.1) is 11.8 Å². The largest absolute Gasteiger partial charge is 0.477 e. The van der Waals surface area contributed by atoms with Gasteiger partial charge in [-0.3, -0.25) is 4.79 Å². The van der Waals surface area contributed by atoms with Crippen molar-refractivity contribution in [2.75, 3.05) is 37.7 Å². The maximum Gasteiger partial charge on any atom is 0.259 e. The van der Waals surface area contributed by atoms with Gasteiger partial charge in [-0.2, -0.15) is 5.10 Å². The maximum absolute atomic E-state index is 13.0. The van der Waals surface area contributed by atoms with Crippen LogP contribution >= 0.6 is 0 Å². The predicted octanol–water partition coefficient (Wildman–Crippen LogP) is 2.36. The Hall–Kier alpha value is -2.70. The second-order valence-corrected chi connectivity index (χ2v) is 8.02. The van der Waals surface area contributed by atoms with Crippen LogP contribution in [-0.4, -0.2) is 58.8 Å². The van der Waals surface area contributed by atoms with Gasteiger partial charge in [0.15, 0.2) is 5.82 Å². The van der Waals surface area contributed by atoms with Crippen LogP contribution < -0.4 is 9.64 Å². The molecule has 2 aliphatic heterocycles. The molecular weight excluding hydrogens is 354 g/mol. The summed E-state index contributed by atoms with van der Waals surface area (Å²) in [5.41, 5.74) is 1.68. The van der Waals surface area contributed by atoms with Crippen molar-refractivity contribution < 1.29 is 9.53 Å². The molecule has 3 aliphatic rings. The van der Waals surface area contributed by atoms with E-state index in [1.54, 1.807) is 18.3 Å². The molecule has 1 amide bonds. The SMILES string of the molecule is CCOc1ncccc1C(=O)N1CC2CN(c3ccc(C4CC4)nn3)CC2C1. The first kappa shape index (κ1) is 17.4. The van der Waals surface area contributed by atoms with Gasteiger partial charge in [-0.1, -0.05) is 0 Å². The summed E-state index contributed by atoms with van der Waals surface area (Å²) in [7, 11) is 0. The number of nitrogens with zero attached hydrogens (tertiary/aromatic N) is 5. The molecule has 0 spiro atoms. The third kappa shape index (κ3) is 3.19. The van der Waals surface area contributed by atoms with Crippen molar-refractivity contribution in [2.24, 2.45) is 11.8 Å². The van der Waals surface area contributed by atoms with Crippen molar-refractivity contribution in [3.05, 3.63) is 41.7 Å². The molecule has 7 nitrogen and oxygen atoms in total. The van der Waals surface area contributed by atoms with Gasteiger partial charge in [-0.05, 0) is 44.0 Å². The van der Waals surface area contributed by atoms with E-state index >= 15 is 0 Å². The second-order valence-electron chi connectivity index (χ2n) is 8.02. The van der Waals surface area contributed by atoms with Crippen LogP contribution in [0.2, 0.25) is 0 Å². The van der Waals surface area contributed by atoms with E-state index in [0.717, 1.165) is 37.7 Å². The van der Waals surface area contributed by atoms with Crippen LogP contribution in [0.4, 0.5) is 5.82 Å². The maximum atomic E-state index is 13.0. The zero-order chi connectivity index (χ0) is 19.1. The van der Waals surface area contributed by atoms with Crippen LogP contribution in [0.3, 0.4) is 0 Å². The highest BCUT2D eigenvalue weighted by atomic mass is 16.5. The lowest BCUT2D eigenvalue weighted by Crippen LogP contribution is -2.33. The Labute approximate surface area is 164 Å². The summed E-state index contributed by atoms with van der Waals surface area (Å²) in [6.07, 6.45) is 4.15. The molecule has 2 aromatic rings. The number of rotatable bonds is 5. The minimum absolute atomic E-state index is 0.0195. The molecule has 1 saturated carbocycles. The molecule has 0 aromatic carbocycles. The zero-order valence-electron chi connectivity index (χ0n) is 16.1. The van der Waals surface area contributed by atoms with Crippen molar-refractivity contribution in [1.29, 1.82) is 0 Å². The van der Waals surface area contributed by atoms with E-state index in [2.05, 4.69) is 32.2 Å². The first-order valence-corrected chi connectivity index (χ1v) is 10.2. The Morgan fingerprint density at radius 2 is 1.89 bits per heavy atom. The summed E-state index contributed by atoms with van der Waals surface area (Å²) >= 11 is 0. The molecule has 2 saturated heterocycles. The molecule has 5 rings (SSSR count). The monoisotopic (exact) mass is 379 g/mol. The van der Waals surface area contributed by atoms with Gasteiger partial charge in [0.1, 0.15) is 5.56 Å². The van der Waals surface area contributed by atoms with Crippen molar-refractivity contribution in [3.8, 4) is 5.88 Å². The summed E-state index contributed by atoms with van der Waals surface area (Å²) < 4.78 is 5.54. The van der Waals surface area contributed by atoms with Gasteiger partial charge in [0.2, 0.25) is 5.88 Å². The molecule has 4 heterocycles. The number of amides is 1. The summed E-state index contributed by atoms with van der Waals surface area (Å²) in [5.74, 6) is 2.99. The average molecular weight is 379 g/mol. The van der Waals surface area contributed by atoms with E-state index in [1.807, 2.05) is 11.8 Å². The van der Waals surface area contributed by atoms with E-state index in [0.29, 0.717) is 35.8 Å². The predicted molar refractivity (Wildman–Crippen MR) is 105 cm³/mol. The minimum Gasteiger partial charge on any atom is -0.477 e. The number of hydrogen-bond donors (Lipinski definition) is 0. The number of carbonyl (C=O) groups excluding carboxylic acids is 1. The fourth-order valence-corrected chi connectivity index (χ4v) is 4.42. The van der Waals surface area contributed by atoms with E-state index in [9.17, 15) is 4.79 Å². The summed E-state index contributed by atoms with van der Waals surface area (Å²) in [5, 5.41) is 8.87. The molecule has 146 valence electrons. The summed E-state index contributed by atoms with van der Waals surface area (Å²) in [6, 6.07) is 7.83. The molecular formula is C21H25N5O2. The Morgan fingerprint density at radius 1 is 1.11 bits per heavy atom. The Kier molecular flexibility index (Phi) is 4.37. The summed E-state index contributed by atoms with van der Waals surface area (Å²) in [4.78, 5) is 21.5. The first-order chi connectivity index (χ1) is 13.7. The van der Waals surface area contributed by atoms with Gasteiger partial charge in [0.05, 0.1) is 12.3 Å². The standard InChI is InChI=1S/C21H25N5O2/c1-2-28-20-17(4-3-9-22-20)21(27)26-12-15-10-25(11-16(15)13-26)19-8-7-18(23-24-19)14-5-6-14/h3-4,7-9,14-16H,2,5-6,10-13H2,1H3. The zero-order valence-corrected chi connectivity index (χ0v) is 16.1. The van der Waals surface area contributed by atoms with Crippen LogP contribution in [0.15, 0.2) is 30.5 Å². The number of ether oxygens (including phenoxy) is 1. The molecule has 1 aliphatic carbocycles. The average Bonchev–Trinajstić information content (AvgIpc) is 3.38. The highest BCUT2D eigenvalue weighted by Gasteiger charge is 2.42. The van der Waals surface area contributed by atoms with Crippen LogP contribution in [-0.2, 0) is 0 Å². The Morgan fingerprint density at radius 3 is 2.54 bits per heavy atom. The van der Waals surface area contributed by atoms with Crippen molar-refractivity contribution >= 4 is 11.7 Å². The number of pyridine rings is 1. The fourth-order valence-electron chi connectivity index (χ4n) is 4.42. The van der Waals surface area contributed by atoms with Gasteiger partial charge >= 0.3 is 0 Å². The van der Waals surface area contributed by atoms with E-state index < -0.39 is 0 Å². The summed E-state index contributed by atoms with van der Waals surface area (Å²) in [6.45, 7) is 5.80. The lowest BCUT2D eigenvalue weighted by atomic mass is 10.0. The van der Waals surface area contributed by atoms with Crippen molar-refractivity contribution in [1.82, 2.24) is 20.1 Å². The first-order valence-electron chi connectivity index (χ1n) is 10.2. The van der Waals surface area contributed by atoms with Gasteiger partial charge in [-0.15, -0.1) is 5.10 Å². The molecule has 2 unspecified atom stereocenters. The molecule has 3 fully saturated rings. The van der Waals surface area contributed by atoms with E-state index in [4.69, 9.17) is 4.74 Å². The third-order valence-electron chi connectivity index (χ3n) is 6.05. The van der Waals surface area contributed by atoms with E-state index in [-0.39, 0.29) is 5.91 Å². The molecule has 28 heavy (non-hydrogen) atoms. The molecule has 0 bridgehead atoms. The number of anilines is 1. The molecule has 0 radical (unpaired) electrons. The Bertz CT molecular complexity index is 853. The van der Waals surface area contributed by atoms with Gasteiger partial charge < -0.3 is 14.5 Å². The topological polar surface area (TPSA) is 71.5 Å². The Balaban J connectivity index is 1.24. The lowest BCUT2D eigenvalue weighted by Gasteiger charge is -2.22. The van der Waals surface area contributed by atoms with Crippen LogP contribution in [0.25, 0.3) is 0 Å². The van der Waals surface area contributed by atoms with Crippen molar-refractivity contribution in [3.63, 3.8) is 0 Å². The number of fused-ring (bicyclic) bond motifs is 1. The lowest BCUT2D eigenvalue weighted by molar-refractivity contribution is 0.0777. The number of carbonyl (C=O) groups is 1. The molecule has 2 atom stereocenters. The van der Waals surface area contributed by atoms with Crippen LogP contribution in [0.1, 0.15) is 41.7 Å². The van der Waals surface area contributed by atoms with Gasteiger partial charge in [-0.25, -0.2) is 4.98 Å². The fraction of sp³-hybridized carbons (Fsp3) is 0.524. The molecule has 2 aromatic heterocycles. The van der Waals surface area contributed by atoms with Gasteiger partial charge in [0.25, 0.3) is 5.91 Å². The molecule has 0 N–H and O–H groups in total. The smallest absolute Gasteiger partial charge is 0.259 e. The number of hydrogen-bond acceptors (Lipinski definition) is 6. The normalized spacial score (nSPS) is 23.8. The highest BCUT2D eigenvalue weighted by molar-refractivity contribution is 5.96. The second kappa shape index (κ2) is 7.04. The molecule has 7 heteroatoms. The quantitative estimate of drug-likeness (QED) is 0.794. The van der Waals surface area contributed by atoms with Gasteiger partial charge in [0, 0.05) is 50.1 Å². The van der Waals surface area contributed by atoms with Crippen LogP contribution in [0.5, 0.6) is 5.88 Å². The number of aromatic nitrogens is 3. The van der Waals surface area contributed by atoms with E-state index in [1.165, 1.54) is 12.8 Å². The minimum atomic E-state index is 0.0195. The van der Waals surface area contributed by atoms with Crippen molar-refractivity contribution in [2.45, 2.75) is 25.7 Å². The third-order valence-corrected chi connectivity index (χ3v) is 6.05. The highest BCUT2D eigenvalue weighted by Crippen LogP contribution is 2.39. The number of likely N-dealkylation sites (tertiary alicyclic amines) is 1.